The SMILES string of the molecule is Cc1cc(C(N)C(C)c2ccccc2)c(C)o1. The molecule has 2 heteroatoms. The number of hydrogen-bond acceptors (Lipinski definition) is 2. The summed E-state index contributed by atoms with van der Waals surface area (Å²) in [6.45, 7) is 6.08. The minimum atomic E-state index is -0.0187. The zero-order valence-electron chi connectivity index (χ0n) is 10.6. The second-order valence-corrected chi connectivity index (χ2v) is 4.59. The van der Waals surface area contributed by atoms with Crippen LogP contribution in [0.1, 0.15) is 41.5 Å². The molecule has 0 aliphatic carbocycles. The van der Waals surface area contributed by atoms with Crippen LogP contribution >= 0.6 is 0 Å². The molecule has 2 nitrogen and oxygen atoms in total. The van der Waals surface area contributed by atoms with Crippen molar-refractivity contribution < 1.29 is 4.42 Å². The topological polar surface area (TPSA) is 39.2 Å². The lowest BCUT2D eigenvalue weighted by atomic mass is 9.89. The second kappa shape index (κ2) is 4.76. The summed E-state index contributed by atoms with van der Waals surface area (Å²) in [5.41, 5.74) is 8.70. The fraction of sp³-hybridized carbons (Fsp3) is 0.333. The van der Waals surface area contributed by atoms with Crippen molar-refractivity contribution in [2.45, 2.75) is 32.7 Å². The standard InChI is InChI=1S/C15H19NO/c1-10-9-14(12(3)17-10)15(16)11(2)13-7-5-4-6-8-13/h4-9,11,15H,16H2,1-3H3. The Labute approximate surface area is 102 Å². The predicted octanol–water partition coefficient (Wildman–Crippen LogP) is 3.70. The highest BCUT2D eigenvalue weighted by Gasteiger charge is 2.20. The first-order valence-corrected chi connectivity index (χ1v) is 5.97. The summed E-state index contributed by atoms with van der Waals surface area (Å²) in [6, 6.07) is 12.4. The van der Waals surface area contributed by atoms with E-state index >= 15 is 0 Å². The molecule has 1 heterocycles. The van der Waals surface area contributed by atoms with Gasteiger partial charge in [-0.15, -0.1) is 0 Å². The van der Waals surface area contributed by atoms with E-state index in [2.05, 4.69) is 19.1 Å². The Balaban J connectivity index is 2.26. The molecule has 1 aromatic heterocycles. The molecule has 0 bridgehead atoms. The molecule has 2 atom stereocenters. The van der Waals surface area contributed by atoms with Gasteiger partial charge in [-0.2, -0.15) is 0 Å². The maximum atomic E-state index is 6.32. The summed E-state index contributed by atoms with van der Waals surface area (Å²) in [7, 11) is 0. The highest BCUT2D eigenvalue weighted by molar-refractivity contribution is 5.29. The van der Waals surface area contributed by atoms with Gasteiger partial charge in [-0.25, -0.2) is 0 Å². The molecule has 1 aromatic carbocycles. The zero-order chi connectivity index (χ0) is 12.4. The zero-order valence-corrected chi connectivity index (χ0v) is 10.6. The van der Waals surface area contributed by atoms with Crippen LogP contribution in [0.25, 0.3) is 0 Å². The van der Waals surface area contributed by atoms with E-state index < -0.39 is 0 Å². The average molecular weight is 229 g/mol. The quantitative estimate of drug-likeness (QED) is 0.871. The molecule has 2 aromatic rings. The van der Waals surface area contributed by atoms with Crippen molar-refractivity contribution >= 4 is 0 Å². The molecule has 0 aliphatic heterocycles. The van der Waals surface area contributed by atoms with Gasteiger partial charge in [-0.3, -0.25) is 0 Å². The Morgan fingerprint density at radius 1 is 1.12 bits per heavy atom. The van der Waals surface area contributed by atoms with Crippen molar-refractivity contribution in [3.8, 4) is 0 Å². The number of furan rings is 1. The minimum absolute atomic E-state index is 0.0187. The van der Waals surface area contributed by atoms with Crippen molar-refractivity contribution in [1.82, 2.24) is 0 Å². The summed E-state index contributed by atoms with van der Waals surface area (Å²) in [4.78, 5) is 0. The van der Waals surface area contributed by atoms with Gasteiger partial charge in [0.25, 0.3) is 0 Å². The summed E-state index contributed by atoms with van der Waals surface area (Å²) >= 11 is 0. The van der Waals surface area contributed by atoms with E-state index in [1.165, 1.54) is 5.56 Å². The highest BCUT2D eigenvalue weighted by Crippen LogP contribution is 2.31. The van der Waals surface area contributed by atoms with Gasteiger partial charge < -0.3 is 10.2 Å². The summed E-state index contributed by atoms with van der Waals surface area (Å²) in [6.07, 6.45) is 0. The second-order valence-electron chi connectivity index (χ2n) is 4.59. The van der Waals surface area contributed by atoms with Gasteiger partial charge in [0, 0.05) is 17.5 Å². The van der Waals surface area contributed by atoms with Crippen LogP contribution in [0.5, 0.6) is 0 Å². The van der Waals surface area contributed by atoms with E-state index in [9.17, 15) is 0 Å². The summed E-state index contributed by atoms with van der Waals surface area (Å²) in [5, 5.41) is 0. The van der Waals surface area contributed by atoms with E-state index in [0.29, 0.717) is 0 Å². The lowest BCUT2D eigenvalue weighted by Crippen LogP contribution is -2.17. The molecule has 90 valence electrons. The van der Waals surface area contributed by atoms with Crippen LogP contribution in [0.3, 0.4) is 0 Å². The van der Waals surface area contributed by atoms with Crippen molar-refractivity contribution in [3.63, 3.8) is 0 Å². The van der Waals surface area contributed by atoms with Crippen molar-refractivity contribution in [1.29, 1.82) is 0 Å². The van der Waals surface area contributed by atoms with Crippen molar-refractivity contribution in [2.24, 2.45) is 5.73 Å². The molecule has 2 N–H and O–H groups in total. The molecule has 0 aliphatic rings. The first kappa shape index (κ1) is 11.9. The maximum absolute atomic E-state index is 6.32. The highest BCUT2D eigenvalue weighted by atomic mass is 16.3. The van der Waals surface area contributed by atoms with Crippen molar-refractivity contribution in [2.75, 3.05) is 0 Å². The van der Waals surface area contributed by atoms with Gasteiger partial charge in [-0.05, 0) is 25.5 Å². The summed E-state index contributed by atoms with van der Waals surface area (Å²) < 4.78 is 5.54. The number of hydrogen-bond donors (Lipinski definition) is 1. The van der Waals surface area contributed by atoms with Gasteiger partial charge >= 0.3 is 0 Å². The van der Waals surface area contributed by atoms with E-state index in [1.807, 2.05) is 38.1 Å². The molecule has 2 unspecified atom stereocenters. The van der Waals surface area contributed by atoms with E-state index in [1.54, 1.807) is 0 Å². The average Bonchev–Trinajstić information content (AvgIpc) is 2.68. The Morgan fingerprint density at radius 3 is 2.29 bits per heavy atom. The third kappa shape index (κ3) is 2.42. The van der Waals surface area contributed by atoms with Crippen molar-refractivity contribution in [3.05, 3.63) is 59.0 Å². The monoisotopic (exact) mass is 229 g/mol. The Morgan fingerprint density at radius 2 is 1.76 bits per heavy atom. The van der Waals surface area contributed by atoms with Crippen LogP contribution in [0.15, 0.2) is 40.8 Å². The van der Waals surface area contributed by atoms with Crippen LogP contribution in [0, 0.1) is 13.8 Å². The first-order valence-electron chi connectivity index (χ1n) is 5.97. The number of benzene rings is 1. The third-order valence-electron chi connectivity index (χ3n) is 3.30. The minimum Gasteiger partial charge on any atom is -0.466 e. The maximum Gasteiger partial charge on any atom is 0.105 e. The molecule has 17 heavy (non-hydrogen) atoms. The fourth-order valence-electron chi connectivity index (χ4n) is 2.21. The van der Waals surface area contributed by atoms with Gasteiger partial charge in [0.05, 0.1) is 0 Å². The Hall–Kier alpha value is -1.54. The van der Waals surface area contributed by atoms with Gasteiger partial charge in [0.2, 0.25) is 0 Å². The van der Waals surface area contributed by atoms with E-state index in [-0.39, 0.29) is 12.0 Å². The summed E-state index contributed by atoms with van der Waals surface area (Å²) in [5.74, 6) is 2.14. The van der Waals surface area contributed by atoms with Crippen LogP contribution in [0.2, 0.25) is 0 Å². The molecular formula is C15H19NO. The molecule has 0 radical (unpaired) electrons. The Kier molecular flexibility index (Phi) is 3.34. The van der Waals surface area contributed by atoms with Gasteiger partial charge in [-0.1, -0.05) is 37.3 Å². The molecular weight excluding hydrogens is 210 g/mol. The predicted molar refractivity (Wildman–Crippen MR) is 70.0 cm³/mol. The van der Waals surface area contributed by atoms with Gasteiger partial charge in [0.15, 0.2) is 0 Å². The molecule has 0 saturated carbocycles. The molecule has 0 saturated heterocycles. The largest absolute Gasteiger partial charge is 0.466 e. The lowest BCUT2D eigenvalue weighted by molar-refractivity contribution is 0.491. The normalized spacial score (nSPS) is 14.6. The number of aryl methyl sites for hydroxylation is 2. The van der Waals surface area contributed by atoms with Crippen LogP contribution in [-0.2, 0) is 0 Å². The van der Waals surface area contributed by atoms with Gasteiger partial charge in [0.1, 0.15) is 11.5 Å². The lowest BCUT2D eigenvalue weighted by Gasteiger charge is -2.19. The number of rotatable bonds is 3. The van der Waals surface area contributed by atoms with E-state index in [4.69, 9.17) is 10.2 Å². The molecule has 0 fully saturated rings. The third-order valence-corrected chi connectivity index (χ3v) is 3.30. The Bertz CT molecular complexity index is 487. The van der Waals surface area contributed by atoms with Crippen LogP contribution in [0.4, 0.5) is 0 Å². The van der Waals surface area contributed by atoms with Crippen LogP contribution in [-0.4, -0.2) is 0 Å². The smallest absolute Gasteiger partial charge is 0.105 e. The van der Waals surface area contributed by atoms with Crippen LogP contribution < -0.4 is 5.73 Å². The molecule has 2 rings (SSSR count). The fourth-order valence-corrected chi connectivity index (χ4v) is 2.21. The molecule has 0 amide bonds. The van der Waals surface area contributed by atoms with E-state index in [0.717, 1.165) is 17.1 Å². The number of nitrogens with two attached hydrogens (primary N) is 1. The molecule has 0 spiro atoms. The first-order chi connectivity index (χ1) is 8.09.